The number of nitrogens with one attached hydrogen (secondary N) is 3. The second-order valence-corrected chi connectivity index (χ2v) is 7.31. The number of hydrogen-bond acceptors (Lipinski definition) is 5. The second-order valence-electron chi connectivity index (χ2n) is 7.31. The second kappa shape index (κ2) is 7.09. The van der Waals surface area contributed by atoms with Crippen molar-refractivity contribution in [1.82, 2.24) is 26.1 Å². The van der Waals surface area contributed by atoms with Crippen LogP contribution in [0, 0.1) is 11.8 Å². The fourth-order valence-electron chi connectivity index (χ4n) is 4.34. The molecule has 1 aromatic rings. The van der Waals surface area contributed by atoms with Gasteiger partial charge in [0.25, 0.3) is 0 Å². The van der Waals surface area contributed by atoms with Gasteiger partial charge in [0.15, 0.2) is 0 Å². The zero-order valence-corrected chi connectivity index (χ0v) is 14.3. The Labute approximate surface area is 147 Å². The van der Waals surface area contributed by atoms with Gasteiger partial charge in [0, 0.05) is 43.9 Å². The first-order valence-corrected chi connectivity index (χ1v) is 9.19. The summed E-state index contributed by atoms with van der Waals surface area (Å²) in [5.41, 5.74) is 7.61. The van der Waals surface area contributed by atoms with Crippen molar-refractivity contribution in [3.63, 3.8) is 0 Å². The SMILES string of the molecule is O=C(NCc1cccnc1)C1CC(=O)N(C2NNC3CCCCC32)C1. The van der Waals surface area contributed by atoms with Gasteiger partial charge in [0.2, 0.25) is 11.8 Å². The molecule has 3 heterocycles. The Morgan fingerprint density at radius 3 is 3.04 bits per heavy atom. The van der Waals surface area contributed by atoms with Crippen molar-refractivity contribution >= 4 is 11.8 Å². The molecular weight excluding hydrogens is 318 g/mol. The summed E-state index contributed by atoms with van der Waals surface area (Å²) in [6, 6.07) is 4.23. The molecule has 4 rings (SSSR count). The zero-order valence-electron chi connectivity index (χ0n) is 14.3. The van der Waals surface area contributed by atoms with Crippen LogP contribution < -0.4 is 16.2 Å². The molecule has 1 aliphatic carbocycles. The molecular formula is C18H25N5O2. The maximum absolute atomic E-state index is 12.5. The molecule has 0 aromatic carbocycles. The number of fused-ring (bicyclic) bond motifs is 1. The molecule has 0 spiro atoms. The Bertz CT molecular complexity index is 638. The molecule has 7 heteroatoms. The van der Waals surface area contributed by atoms with E-state index in [9.17, 15) is 9.59 Å². The van der Waals surface area contributed by atoms with Crippen molar-refractivity contribution in [2.24, 2.45) is 11.8 Å². The van der Waals surface area contributed by atoms with Crippen LogP contribution in [0.3, 0.4) is 0 Å². The monoisotopic (exact) mass is 343 g/mol. The first-order chi connectivity index (χ1) is 12.2. The van der Waals surface area contributed by atoms with Crippen molar-refractivity contribution in [3.05, 3.63) is 30.1 Å². The van der Waals surface area contributed by atoms with Gasteiger partial charge in [-0.2, -0.15) is 0 Å². The van der Waals surface area contributed by atoms with E-state index in [1.54, 1.807) is 12.4 Å². The lowest BCUT2D eigenvalue weighted by Gasteiger charge is -2.32. The fraction of sp³-hybridized carbons (Fsp3) is 0.611. The largest absolute Gasteiger partial charge is 0.352 e. The van der Waals surface area contributed by atoms with E-state index in [1.165, 1.54) is 12.8 Å². The molecule has 0 radical (unpaired) electrons. The number of hydrazine groups is 1. The molecule has 2 amide bonds. The normalized spacial score (nSPS) is 31.8. The molecule has 25 heavy (non-hydrogen) atoms. The number of amides is 2. The van der Waals surface area contributed by atoms with E-state index >= 15 is 0 Å². The molecule has 1 aromatic heterocycles. The fourth-order valence-corrected chi connectivity index (χ4v) is 4.34. The molecule has 3 aliphatic rings. The summed E-state index contributed by atoms with van der Waals surface area (Å²) >= 11 is 0. The highest BCUT2D eigenvalue weighted by molar-refractivity contribution is 5.89. The van der Waals surface area contributed by atoms with Crippen LogP contribution in [0.15, 0.2) is 24.5 Å². The number of carbonyl (C=O) groups excluding carboxylic acids is 2. The Kier molecular flexibility index (Phi) is 4.67. The molecule has 2 aliphatic heterocycles. The predicted molar refractivity (Wildman–Crippen MR) is 91.7 cm³/mol. The summed E-state index contributed by atoms with van der Waals surface area (Å²) in [5, 5.41) is 2.94. The minimum atomic E-state index is -0.270. The van der Waals surface area contributed by atoms with Crippen LogP contribution in [-0.4, -0.2) is 40.5 Å². The molecule has 0 bridgehead atoms. The molecule has 2 saturated heterocycles. The summed E-state index contributed by atoms with van der Waals surface area (Å²) in [7, 11) is 0. The van der Waals surface area contributed by atoms with Crippen LogP contribution in [0.25, 0.3) is 0 Å². The minimum absolute atomic E-state index is 0.0222. The summed E-state index contributed by atoms with van der Waals surface area (Å²) in [4.78, 5) is 30.9. The lowest BCUT2D eigenvalue weighted by atomic mass is 9.84. The van der Waals surface area contributed by atoms with Gasteiger partial charge < -0.3 is 10.2 Å². The molecule has 1 saturated carbocycles. The average Bonchev–Trinajstić information content (AvgIpc) is 3.24. The number of rotatable bonds is 4. The van der Waals surface area contributed by atoms with Gasteiger partial charge in [-0.05, 0) is 24.5 Å². The average molecular weight is 343 g/mol. The van der Waals surface area contributed by atoms with Crippen LogP contribution in [0.2, 0.25) is 0 Å². The van der Waals surface area contributed by atoms with E-state index in [1.807, 2.05) is 17.0 Å². The number of nitrogens with zero attached hydrogens (tertiary/aromatic N) is 2. The van der Waals surface area contributed by atoms with Gasteiger partial charge in [-0.3, -0.25) is 20.0 Å². The maximum Gasteiger partial charge on any atom is 0.225 e. The number of carbonyl (C=O) groups is 2. The Balaban J connectivity index is 1.34. The van der Waals surface area contributed by atoms with Gasteiger partial charge in [0.05, 0.1) is 12.1 Å². The van der Waals surface area contributed by atoms with Crippen LogP contribution in [0.5, 0.6) is 0 Å². The quantitative estimate of drug-likeness (QED) is 0.743. The highest BCUT2D eigenvalue weighted by Gasteiger charge is 2.46. The number of pyridine rings is 1. The van der Waals surface area contributed by atoms with E-state index in [4.69, 9.17) is 0 Å². The van der Waals surface area contributed by atoms with Crippen LogP contribution in [0.4, 0.5) is 0 Å². The van der Waals surface area contributed by atoms with E-state index in [-0.39, 0.29) is 23.9 Å². The molecule has 134 valence electrons. The third kappa shape index (κ3) is 3.39. The van der Waals surface area contributed by atoms with Crippen molar-refractivity contribution in [1.29, 1.82) is 0 Å². The Hall–Kier alpha value is -1.99. The number of likely N-dealkylation sites (tertiary alicyclic amines) is 1. The number of hydrogen-bond donors (Lipinski definition) is 3. The van der Waals surface area contributed by atoms with Gasteiger partial charge in [-0.25, -0.2) is 5.43 Å². The standard InChI is InChI=1S/C18H25N5O2/c24-16-8-13(18(25)20-10-12-4-3-7-19-9-12)11-23(16)17-14-5-1-2-6-15(14)21-22-17/h3-4,7,9,13-15,17,21-22H,1-2,5-6,8,10-11H2,(H,20,25). The Morgan fingerprint density at radius 1 is 1.32 bits per heavy atom. The third-order valence-electron chi connectivity index (χ3n) is 5.70. The smallest absolute Gasteiger partial charge is 0.225 e. The van der Waals surface area contributed by atoms with E-state index in [0.717, 1.165) is 18.4 Å². The Morgan fingerprint density at radius 2 is 2.20 bits per heavy atom. The van der Waals surface area contributed by atoms with E-state index < -0.39 is 0 Å². The summed E-state index contributed by atoms with van der Waals surface area (Å²) in [5.74, 6) is 0.210. The van der Waals surface area contributed by atoms with Crippen molar-refractivity contribution < 1.29 is 9.59 Å². The summed E-state index contributed by atoms with van der Waals surface area (Å²) in [6.07, 6.45) is 8.53. The topological polar surface area (TPSA) is 86.4 Å². The highest BCUT2D eigenvalue weighted by Crippen LogP contribution is 2.34. The van der Waals surface area contributed by atoms with Gasteiger partial charge in [-0.15, -0.1) is 0 Å². The summed E-state index contributed by atoms with van der Waals surface area (Å²) in [6.45, 7) is 0.950. The number of aromatic nitrogens is 1. The first-order valence-electron chi connectivity index (χ1n) is 9.19. The van der Waals surface area contributed by atoms with Crippen LogP contribution in [0.1, 0.15) is 37.7 Å². The van der Waals surface area contributed by atoms with Crippen LogP contribution >= 0.6 is 0 Å². The molecule has 4 atom stereocenters. The van der Waals surface area contributed by atoms with Crippen LogP contribution in [-0.2, 0) is 16.1 Å². The van der Waals surface area contributed by atoms with E-state index in [0.29, 0.717) is 31.5 Å². The maximum atomic E-state index is 12.5. The van der Waals surface area contributed by atoms with E-state index in [2.05, 4.69) is 21.2 Å². The molecule has 4 unspecified atom stereocenters. The van der Waals surface area contributed by atoms with Gasteiger partial charge in [0.1, 0.15) is 0 Å². The predicted octanol–water partition coefficient (Wildman–Crippen LogP) is 0.539. The van der Waals surface area contributed by atoms with Crippen molar-refractivity contribution in [2.75, 3.05) is 6.54 Å². The molecule has 7 nitrogen and oxygen atoms in total. The zero-order chi connectivity index (χ0) is 17.2. The van der Waals surface area contributed by atoms with Crippen molar-refractivity contribution in [2.45, 2.75) is 50.9 Å². The molecule has 3 N–H and O–H groups in total. The lowest BCUT2D eigenvalue weighted by Crippen LogP contribution is -2.48. The molecule has 3 fully saturated rings. The summed E-state index contributed by atoms with van der Waals surface area (Å²) < 4.78 is 0. The van der Waals surface area contributed by atoms with Crippen molar-refractivity contribution in [3.8, 4) is 0 Å². The van der Waals surface area contributed by atoms with Gasteiger partial charge >= 0.3 is 0 Å². The minimum Gasteiger partial charge on any atom is -0.352 e. The lowest BCUT2D eigenvalue weighted by molar-refractivity contribution is -0.131. The third-order valence-corrected chi connectivity index (χ3v) is 5.70. The highest BCUT2D eigenvalue weighted by atomic mass is 16.2. The first kappa shape index (κ1) is 16.5. The van der Waals surface area contributed by atoms with Gasteiger partial charge in [-0.1, -0.05) is 18.9 Å².